The molecule has 2 rings (SSSR count). The number of nitrogen functional groups attached to an aromatic ring is 1. The number of benzene rings is 2. The monoisotopic (exact) mass is 304 g/mol. The van der Waals surface area contributed by atoms with Gasteiger partial charge in [-0.3, -0.25) is 4.31 Å². The van der Waals surface area contributed by atoms with Crippen molar-refractivity contribution in [2.45, 2.75) is 25.7 Å². The minimum atomic E-state index is -3.61. The molecule has 0 aromatic heterocycles. The third kappa shape index (κ3) is 3.03. The Bertz CT molecular complexity index is 755. The molecule has 0 aliphatic carbocycles. The highest BCUT2D eigenvalue weighted by molar-refractivity contribution is 7.92. The van der Waals surface area contributed by atoms with Crippen LogP contribution in [0.5, 0.6) is 0 Å². The average Bonchev–Trinajstić information content (AvgIpc) is 2.42. The molecule has 5 heteroatoms. The molecule has 0 saturated heterocycles. The maximum Gasteiger partial charge on any atom is 0.264 e. The van der Waals surface area contributed by atoms with E-state index in [1.807, 2.05) is 39.0 Å². The van der Waals surface area contributed by atoms with Crippen molar-refractivity contribution in [1.29, 1.82) is 0 Å². The molecule has 0 saturated carbocycles. The van der Waals surface area contributed by atoms with Crippen molar-refractivity contribution in [3.63, 3.8) is 0 Å². The molecule has 2 aromatic carbocycles. The fraction of sp³-hybridized carbons (Fsp3) is 0.250. The fourth-order valence-electron chi connectivity index (χ4n) is 2.18. The Morgan fingerprint density at radius 2 is 1.81 bits per heavy atom. The maximum atomic E-state index is 12.8. The van der Waals surface area contributed by atoms with Crippen LogP contribution in [0.15, 0.2) is 47.4 Å². The second kappa shape index (κ2) is 5.77. The van der Waals surface area contributed by atoms with Crippen LogP contribution in [0.3, 0.4) is 0 Å². The summed E-state index contributed by atoms with van der Waals surface area (Å²) < 4.78 is 27.0. The molecule has 2 N–H and O–H groups in total. The van der Waals surface area contributed by atoms with E-state index in [9.17, 15) is 8.42 Å². The zero-order valence-corrected chi connectivity index (χ0v) is 13.3. The van der Waals surface area contributed by atoms with Crippen LogP contribution in [0, 0.1) is 13.8 Å². The van der Waals surface area contributed by atoms with Crippen molar-refractivity contribution < 1.29 is 8.42 Å². The highest BCUT2D eigenvalue weighted by Gasteiger charge is 2.24. The lowest BCUT2D eigenvalue weighted by molar-refractivity contribution is 0.592. The van der Waals surface area contributed by atoms with Crippen LogP contribution in [0.1, 0.15) is 18.1 Å². The Labute approximate surface area is 126 Å². The van der Waals surface area contributed by atoms with Gasteiger partial charge in [0, 0.05) is 12.2 Å². The van der Waals surface area contributed by atoms with Gasteiger partial charge in [0.2, 0.25) is 0 Å². The van der Waals surface area contributed by atoms with Gasteiger partial charge in [-0.1, -0.05) is 18.2 Å². The molecule has 0 atom stereocenters. The zero-order chi connectivity index (χ0) is 15.6. The molecule has 0 heterocycles. The molecule has 0 aliphatic heterocycles. The van der Waals surface area contributed by atoms with E-state index in [0.29, 0.717) is 17.9 Å². The Morgan fingerprint density at radius 3 is 2.38 bits per heavy atom. The minimum Gasteiger partial charge on any atom is -0.398 e. The smallest absolute Gasteiger partial charge is 0.264 e. The van der Waals surface area contributed by atoms with Gasteiger partial charge < -0.3 is 5.73 Å². The van der Waals surface area contributed by atoms with Crippen LogP contribution in [0.4, 0.5) is 11.4 Å². The third-order valence-electron chi connectivity index (χ3n) is 3.42. The molecule has 0 aliphatic rings. The van der Waals surface area contributed by atoms with Crippen LogP contribution in [-0.2, 0) is 10.0 Å². The molecule has 2 aromatic rings. The maximum absolute atomic E-state index is 12.8. The first kappa shape index (κ1) is 15.4. The van der Waals surface area contributed by atoms with Gasteiger partial charge in [-0.2, -0.15) is 0 Å². The second-order valence-electron chi connectivity index (χ2n) is 5.03. The van der Waals surface area contributed by atoms with Gasteiger partial charge in [-0.25, -0.2) is 8.42 Å². The number of hydrogen-bond acceptors (Lipinski definition) is 3. The topological polar surface area (TPSA) is 63.4 Å². The highest BCUT2D eigenvalue weighted by Crippen LogP contribution is 2.26. The predicted molar refractivity (Wildman–Crippen MR) is 87.0 cm³/mol. The molecule has 4 nitrogen and oxygen atoms in total. The lowest BCUT2D eigenvalue weighted by atomic mass is 10.2. The van der Waals surface area contributed by atoms with E-state index in [2.05, 4.69) is 0 Å². The van der Waals surface area contributed by atoms with Crippen LogP contribution in [0.25, 0.3) is 0 Å². The normalized spacial score (nSPS) is 11.4. The summed E-state index contributed by atoms with van der Waals surface area (Å²) in [6.45, 7) is 5.97. The first-order chi connectivity index (χ1) is 9.86. The second-order valence-corrected chi connectivity index (χ2v) is 6.89. The van der Waals surface area contributed by atoms with Crippen LogP contribution < -0.4 is 10.0 Å². The molecule has 0 spiro atoms. The quantitative estimate of drug-likeness (QED) is 0.883. The number of nitrogens with two attached hydrogens (primary N) is 1. The summed E-state index contributed by atoms with van der Waals surface area (Å²) in [5, 5.41) is 0. The molecular formula is C16H20N2O2S. The number of hydrogen-bond donors (Lipinski definition) is 1. The number of nitrogens with zero attached hydrogens (tertiary/aromatic N) is 1. The summed E-state index contributed by atoms with van der Waals surface area (Å²) in [5.74, 6) is 0. The molecule has 21 heavy (non-hydrogen) atoms. The van der Waals surface area contributed by atoms with E-state index < -0.39 is 10.0 Å². The van der Waals surface area contributed by atoms with Crippen LogP contribution >= 0.6 is 0 Å². The van der Waals surface area contributed by atoms with Gasteiger partial charge in [0.25, 0.3) is 10.0 Å². The van der Waals surface area contributed by atoms with E-state index in [1.165, 1.54) is 10.4 Å². The number of sulfonamides is 1. The van der Waals surface area contributed by atoms with Crippen molar-refractivity contribution >= 4 is 21.4 Å². The Balaban J connectivity index is 2.51. The number of anilines is 2. The van der Waals surface area contributed by atoms with E-state index in [4.69, 9.17) is 5.73 Å². The number of aryl methyl sites for hydroxylation is 2. The van der Waals surface area contributed by atoms with Gasteiger partial charge in [0.15, 0.2) is 0 Å². The van der Waals surface area contributed by atoms with Gasteiger partial charge in [-0.05, 0) is 56.2 Å². The first-order valence-corrected chi connectivity index (χ1v) is 8.26. The van der Waals surface area contributed by atoms with Crippen molar-refractivity contribution in [3.8, 4) is 0 Å². The van der Waals surface area contributed by atoms with E-state index >= 15 is 0 Å². The van der Waals surface area contributed by atoms with E-state index in [-0.39, 0.29) is 4.90 Å². The van der Waals surface area contributed by atoms with Crippen LogP contribution in [0.2, 0.25) is 0 Å². The standard InChI is InChI=1S/C16H20N2O2S/c1-4-18(14-7-5-6-12(2)10-14)21(19,20)15-9-8-13(3)16(17)11-15/h5-11H,4,17H2,1-3H3. The largest absolute Gasteiger partial charge is 0.398 e. The van der Waals surface area contributed by atoms with E-state index in [1.54, 1.807) is 18.2 Å². The summed E-state index contributed by atoms with van der Waals surface area (Å²) in [4.78, 5) is 0.217. The molecule has 112 valence electrons. The third-order valence-corrected chi connectivity index (χ3v) is 5.31. The summed E-state index contributed by atoms with van der Waals surface area (Å²) >= 11 is 0. The first-order valence-electron chi connectivity index (χ1n) is 6.82. The van der Waals surface area contributed by atoms with Gasteiger partial charge in [0.1, 0.15) is 0 Å². The molecule has 0 unspecified atom stereocenters. The SMILES string of the molecule is CCN(c1cccc(C)c1)S(=O)(=O)c1ccc(C)c(N)c1. The van der Waals surface area contributed by atoms with Gasteiger partial charge >= 0.3 is 0 Å². The Kier molecular flexibility index (Phi) is 4.23. The number of rotatable bonds is 4. The Morgan fingerprint density at radius 1 is 1.10 bits per heavy atom. The summed E-state index contributed by atoms with van der Waals surface area (Å²) in [7, 11) is -3.61. The van der Waals surface area contributed by atoms with Crippen molar-refractivity contribution in [2.75, 3.05) is 16.6 Å². The highest BCUT2D eigenvalue weighted by atomic mass is 32.2. The lowest BCUT2D eigenvalue weighted by Crippen LogP contribution is -2.30. The van der Waals surface area contributed by atoms with Crippen molar-refractivity contribution in [3.05, 3.63) is 53.6 Å². The molecule has 0 fully saturated rings. The molecule has 0 amide bonds. The predicted octanol–water partition coefficient (Wildman–Crippen LogP) is 3.10. The average molecular weight is 304 g/mol. The van der Waals surface area contributed by atoms with Gasteiger partial charge in [0.05, 0.1) is 10.6 Å². The summed E-state index contributed by atoms with van der Waals surface area (Å²) in [5.41, 5.74) is 8.87. The summed E-state index contributed by atoms with van der Waals surface area (Å²) in [6, 6.07) is 12.3. The fourth-order valence-corrected chi connectivity index (χ4v) is 3.68. The molecule has 0 bridgehead atoms. The summed E-state index contributed by atoms with van der Waals surface area (Å²) in [6.07, 6.45) is 0. The van der Waals surface area contributed by atoms with Crippen LogP contribution in [-0.4, -0.2) is 15.0 Å². The van der Waals surface area contributed by atoms with Crippen molar-refractivity contribution in [1.82, 2.24) is 0 Å². The Hall–Kier alpha value is -2.01. The van der Waals surface area contributed by atoms with Gasteiger partial charge in [-0.15, -0.1) is 0 Å². The lowest BCUT2D eigenvalue weighted by Gasteiger charge is -2.23. The van der Waals surface area contributed by atoms with Crippen molar-refractivity contribution in [2.24, 2.45) is 0 Å². The zero-order valence-electron chi connectivity index (χ0n) is 12.5. The van der Waals surface area contributed by atoms with E-state index in [0.717, 1.165) is 11.1 Å². The molecule has 0 radical (unpaired) electrons. The molecular weight excluding hydrogens is 284 g/mol. The minimum absolute atomic E-state index is 0.217.